The molecule has 3 rings (SSSR count). The van der Waals surface area contributed by atoms with E-state index in [1.54, 1.807) is 18.2 Å². The molecule has 1 amide bonds. The van der Waals surface area contributed by atoms with Crippen molar-refractivity contribution < 1.29 is 27.9 Å². The van der Waals surface area contributed by atoms with Crippen molar-refractivity contribution in [2.45, 2.75) is 4.90 Å². The number of carboxylic acids is 1. The second-order valence-corrected chi connectivity index (χ2v) is 8.07. The van der Waals surface area contributed by atoms with E-state index in [0.717, 1.165) is 0 Å². The molecule has 1 saturated heterocycles. The highest BCUT2D eigenvalue weighted by Gasteiger charge is 2.26. The van der Waals surface area contributed by atoms with Gasteiger partial charge >= 0.3 is 5.97 Å². The van der Waals surface area contributed by atoms with Crippen molar-refractivity contribution in [1.29, 1.82) is 0 Å². The van der Waals surface area contributed by atoms with Crippen LogP contribution in [0.25, 0.3) is 0 Å². The second-order valence-electron chi connectivity index (χ2n) is 6.14. The summed E-state index contributed by atoms with van der Waals surface area (Å²) in [6.45, 7) is 1.16. The van der Waals surface area contributed by atoms with Crippen LogP contribution in [0.3, 0.4) is 0 Å². The molecule has 2 aromatic rings. The zero-order valence-electron chi connectivity index (χ0n) is 15.3. The van der Waals surface area contributed by atoms with Crippen molar-refractivity contribution in [3.63, 3.8) is 0 Å². The van der Waals surface area contributed by atoms with Gasteiger partial charge in [0.1, 0.15) is 0 Å². The molecule has 1 aliphatic heterocycles. The summed E-state index contributed by atoms with van der Waals surface area (Å²) in [4.78, 5) is 23.5. The Hall–Kier alpha value is -3.08. The predicted molar refractivity (Wildman–Crippen MR) is 104 cm³/mol. The van der Waals surface area contributed by atoms with Gasteiger partial charge < -0.3 is 9.84 Å². The molecule has 10 heteroatoms. The molecule has 0 radical (unpaired) electrons. The van der Waals surface area contributed by atoms with Crippen LogP contribution in [-0.2, 0) is 14.8 Å². The summed E-state index contributed by atoms with van der Waals surface area (Å²) >= 11 is 0. The van der Waals surface area contributed by atoms with Crippen molar-refractivity contribution in [1.82, 2.24) is 9.73 Å². The molecule has 9 nitrogen and oxygen atoms in total. The van der Waals surface area contributed by atoms with Gasteiger partial charge in [0, 0.05) is 24.2 Å². The Morgan fingerprint density at radius 1 is 1.10 bits per heavy atom. The highest BCUT2D eigenvalue weighted by Crippen LogP contribution is 2.18. The molecular formula is C19H19N3O6S. The maximum absolute atomic E-state index is 12.7. The zero-order valence-corrected chi connectivity index (χ0v) is 16.1. The number of morpholine rings is 1. The number of nitrogens with one attached hydrogen (secondary N) is 1. The molecule has 29 heavy (non-hydrogen) atoms. The van der Waals surface area contributed by atoms with Crippen LogP contribution in [-0.4, -0.2) is 62.2 Å². The Bertz CT molecular complexity index is 1050. The monoisotopic (exact) mass is 417 g/mol. The lowest BCUT2D eigenvalue weighted by molar-refractivity contribution is 0.0696. The standard InChI is InChI=1S/C19H19N3O6S/c23-18(21-20-13-15-4-1-2-7-17(15)19(24)25)14-5-3-6-16(12-14)29(26,27)22-8-10-28-11-9-22/h1-7,12-13H,8-11H2,(H,21,23)(H,24,25)/b20-13+. The van der Waals surface area contributed by atoms with Gasteiger partial charge in [-0.1, -0.05) is 24.3 Å². The Morgan fingerprint density at radius 2 is 1.83 bits per heavy atom. The topological polar surface area (TPSA) is 125 Å². The minimum Gasteiger partial charge on any atom is -0.478 e. The van der Waals surface area contributed by atoms with Crippen molar-refractivity contribution in [2.75, 3.05) is 26.3 Å². The molecule has 1 aliphatic rings. The maximum atomic E-state index is 12.7. The summed E-state index contributed by atoms with van der Waals surface area (Å²) < 4.78 is 31.9. The molecule has 0 unspecified atom stereocenters. The van der Waals surface area contributed by atoms with Crippen molar-refractivity contribution in [2.24, 2.45) is 5.10 Å². The number of rotatable bonds is 6. The molecule has 0 bridgehead atoms. The number of carbonyl (C=O) groups excluding carboxylic acids is 1. The third-order valence-corrected chi connectivity index (χ3v) is 6.16. The first-order chi connectivity index (χ1) is 13.9. The molecule has 0 aromatic heterocycles. The molecular weight excluding hydrogens is 398 g/mol. The average molecular weight is 417 g/mol. The first-order valence-electron chi connectivity index (χ1n) is 8.73. The van der Waals surface area contributed by atoms with Gasteiger partial charge in [0.25, 0.3) is 5.91 Å². The van der Waals surface area contributed by atoms with Gasteiger partial charge in [-0.2, -0.15) is 9.41 Å². The molecule has 1 fully saturated rings. The predicted octanol–water partition coefficient (Wildman–Crippen LogP) is 1.17. The third kappa shape index (κ3) is 4.86. The van der Waals surface area contributed by atoms with Crippen LogP contribution < -0.4 is 5.43 Å². The van der Waals surface area contributed by atoms with Crippen LogP contribution in [0.1, 0.15) is 26.3 Å². The highest BCUT2D eigenvalue weighted by molar-refractivity contribution is 7.89. The Kier molecular flexibility index (Phi) is 6.37. The molecule has 2 N–H and O–H groups in total. The van der Waals surface area contributed by atoms with Crippen LogP contribution in [0, 0.1) is 0 Å². The molecule has 2 aromatic carbocycles. The summed E-state index contributed by atoms with van der Waals surface area (Å²) in [5.41, 5.74) is 2.76. The lowest BCUT2D eigenvalue weighted by Crippen LogP contribution is -2.40. The largest absolute Gasteiger partial charge is 0.478 e. The molecule has 0 atom stereocenters. The molecule has 1 heterocycles. The lowest BCUT2D eigenvalue weighted by atomic mass is 10.1. The van der Waals surface area contributed by atoms with Gasteiger partial charge in [-0.05, 0) is 24.3 Å². The number of carbonyl (C=O) groups is 2. The molecule has 0 spiro atoms. The van der Waals surface area contributed by atoms with E-state index in [1.807, 2.05) is 0 Å². The van der Waals surface area contributed by atoms with Crippen LogP contribution >= 0.6 is 0 Å². The van der Waals surface area contributed by atoms with Crippen LogP contribution in [0.5, 0.6) is 0 Å². The number of benzene rings is 2. The average Bonchev–Trinajstić information content (AvgIpc) is 2.74. The number of ether oxygens (including phenoxy) is 1. The van der Waals surface area contributed by atoms with Gasteiger partial charge in [0.05, 0.1) is 29.9 Å². The number of nitrogens with zero attached hydrogens (tertiary/aromatic N) is 2. The number of amides is 1. The fraction of sp³-hybridized carbons (Fsp3) is 0.211. The fourth-order valence-electron chi connectivity index (χ4n) is 2.76. The molecule has 0 saturated carbocycles. The third-order valence-electron chi connectivity index (χ3n) is 4.26. The highest BCUT2D eigenvalue weighted by atomic mass is 32.2. The van der Waals surface area contributed by atoms with Gasteiger partial charge in [-0.3, -0.25) is 4.79 Å². The smallest absolute Gasteiger partial charge is 0.336 e. The fourth-order valence-corrected chi connectivity index (χ4v) is 4.22. The van der Waals surface area contributed by atoms with Gasteiger partial charge in [0.15, 0.2) is 0 Å². The summed E-state index contributed by atoms with van der Waals surface area (Å²) in [7, 11) is -3.73. The summed E-state index contributed by atoms with van der Waals surface area (Å²) in [6.07, 6.45) is 1.22. The van der Waals surface area contributed by atoms with Gasteiger partial charge in [0.2, 0.25) is 10.0 Å². The zero-order chi connectivity index (χ0) is 20.9. The Labute approximate surface area is 167 Å². The van der Waals surface area contributed by atoms with E-state index in [2.05, 4.69) is 10.5 Å². The van der Waals surface area contributed by atoms with E-state index in [1.165, 1.54) is 40.9 Å². The molecule has 152 valence electrons. The minimum atomic E-state index is -3.73. The summed E-state index contributed by atoms with van der Waals surface area (Å²) in [5, 5.41) is 12.9. The van der Waals surface area contributed by atoms with Crippen LogP contribution in [0.2, 0.25) is 0 Å². The van der Waals surface area contributed by atoms with Gasteiger partial charge in [-0.15, -0.1) is 0 Å². The number of carboxylic acid groups (broad SMARTS) is 1. The maximum Gasteiger partial charge on any atom is 0.336 e. The SMILES string of the molecule is O=C(N/N=C/c1ccccc1C(=O)O)c1cccc(S(=O)(=O)N2CCOCC2)c1. The van der Waals surface area contributed by atoms with E-state index < -0.39 is 21.9 Å². The van der Waals surface area contributed by atoms with Crippen molar-refractivity contribution in [3.8, 4) is 0 Å². The van der Waals surface area contributed by atoms with Gasteiger partial charge in [-0.25, -0.2) is 18.6 Å². The Morgan fingerprint density at radius 3 is 2.55 bits per heavy atom. The van der Waals surface area contributed by atoms with Crippen molar-refractivity contribution >= 4 is 28.1 Å². The van der Waals surface area contributed by atoms with Crippen molar-refractivity contribution in [3.05, 3.63) is 65.2 Å². The number of hydrazone groups is 1. The Balaban J connectivity index is 1.74. The van der Waals surface area contributed by atoms with Crippen LogP contribution in [0.4, 0.5) is 0 Å². The summed E-state index contributed by atoms with van der Waals surface area (Å²) in [6, 6.07) is 11.9. The van der Waals surface area contributed by atoms with E-state index in [4.69, 9.17) is 9.84 Å². The van der Waals surface area contributed by atoms with E-state index >= 15 is 0 Å². The number of sulfonamides is 1. The van der Waals surface area contributed by atoms with E-state index in [0.29, 0.717) is 18.8 Å². The lowest BCUT2D eigenvalue weighted by Gasteiger charge is -2.26. The summed E-state index contributed by atoms with van der Waals surface area (Å²) in [5.74, 6) is -1.73. The van der Waals surface area contributed by atoms with E-state index in [9.17, 15) is 18.0 Å². The number of hydrogen-bond donors (Lipinski definition) is 2. The first-order valence-corrected chi connectivity index (χ1v) is 10.2. The number of hydrogen-bond acceptors (Lipinski definition) is 6. The molecule has 0 aliphatic carbocycles. The van der Waals surface area contributed by atoms with E-state index in [-0.39, 0.29) is 29.1 Å². The van der Waals surface area contributed by atoms with Crippen LogP contribution in [0.15, 0.2) is 58.5 Å². The second kappa shape index (κ2) is 8.95. The first kappa shape index (κ1) is 20.6. The minimum absolute atomic E-state index is 0.00672. The quantitative estimate of drug-likeness (QED) is 0.537. The normalized spacial score (nSPS) is 15.3. The number of aromatic carboxylic acids is 1.